The number of aromatic nitrogens is 2. The maximum atomic E-state index is 12.1. The lowest BCUT2D eigenvalue weighted by Gasteiger charge is -2.36. The van der Waals surface area contributed by atoms with Crippen molar-refractivity contribution in [1.29, 1.82) is 0 Å². The van der Waals surface area contributed by atoms with E-state index >= 15 is 0 Å². The highest BCUT2D eigenvalue weighted by Crippen LogP contribution is 2.39. The highest BCUT2D eigenvalue weighted by Gasteiger charge is 2.32. The summed E-state index contributed by atoms with van der Waals surface area (Å²) in [5.74, 6) is -0.218. The van der Waals surface area contributed by atoms with E-state index in [1.807, 2.05) is 55.5 Å². The van der Waals surface area contributed by atoms with Gasteiger partial charge in [0.15, 0.2) is 10.6 Å². The van der Waals surface area contributed by atoms with Crippen molar-refractivity contribution in [3.63, 3.8) is 0 Å². The molecule has 2 aromatic carbocycles. The number of carboxylic acids is 1. The van der Waals surface area contributed by atoms with Crippen LogP contribution < -0.4 is 5.32 Å². The number of carbonyl (C=O) groups is 2. The molecule has 3 N–H and O–H groups in total. The molecule has 1 saturated heterocycles. The van der Waals surface area contributed by atoms with E-state index in [-0.39, 0.29) is 31.1 Å². The van der Waals surface area contributed by atoms with Gasteiger partial charge in [-0.25, -0.2) is 0 Å². The first-order chi connectivity index (χ1) is 18.9. The van der Waals surface area contributed by atoms with Crippen molar-refractivity contribution < 1.29 is 29.3 Å². The van der Waals surface area contributed by atoms with Crippen LogP contribution in [-0.4, -0.2) is 44.1 Å². The quantitative estimate of drug-likeness (QED) is 0.193. The molecular formula is C28H33N3O6S2. The first-order valence-corrected chi connectivity index (χ1v) is 14.7. The molecule has 0 spiro atoms. The molecule has 0 radical (unpaired) electrons. The first kappa shape index (κ1) is 29.2. The number of ether oxygens (including phenoxy) is 2. The van der Waals surface area contributed by atoms with Gasteiger partial charge in [-0.2, -0.15) is 0 Å². The van der Waals surface area contributed by atoms with E-state index in [1.165, 1.54) is 0 Å². The lowest BCUT2D eigenvalue weighted by molar-refractivity contribution is -0.245. The predicted octanol–water partition coefficient (Wildman–Crippen LogP) is 4.94. The number of benzene rings is 2. The molecule has 0 saturated carbocycles. The standard InChI is InChI=1S/C28H33N3O6S2/c1-18-30-31-28(39-18)38-17-23-14-24(21-10-8-20(16-32)9-11-21)37-27(36-23)22-12-6-19(7-13-22)15-29-25(33)4-2-3-5-26(34)35/h6-13,23-24,27,32H,2-5,14-17H2,1H3,(H,29,33)(H,34,35). The van der Waals surface area contributed by atoms with Crippen molar-refractivity contribution in [3.8, 4) is 0 Å². The van der Waals surface area contributed by atoms with E-state index in [9.17, 15) is 14.7 Å². The molecule has 3 unspecified atom stereocenters. The molecule has 3 aromatic rings. The number of hydrogen-bond acceptors (Lipinski definition) is 9. The van der Waals surface area contributed by atoms with Gasteiger partial charge in [0.25, 0.3) is 0 Å². The van der Waals surface area contributed by atoms with Crippen molar-refractivity contribution in [1.82, 2.24) is 15.5 Å². The number of nitrogens with one attached hydrogen (secondary N) is 1. The number of aliphatic hydroxyl groups is 1. The van der Waals surface area contributed by atoms with Crippen molar-refractivity contribution in [2.45, 2.75) is 75.0 Å². The molecule has 1 aliphatic heterocycles. The van der Waals surface area contributed by atoms with Crippen LogP contribution in [0.15, 0.2) is 52.9 Å². The topological polar surface area (TPSA) is 131 Å². The molecule has 11 heteroatoms. The van der Waals surface area contributed by atoms with E-state index in [2.05, 4.69) is 15.5 Å². The molecule has 1 amide bonds. The van der Waals surface area contributed by atoms with E-state index in [4.69, 9.17) is 14.6 Å². The summed E-state index contributed by atoms with van der Waals surface area (Å²) in [7, 11) is 0. The number of aliphatic hydroxyl groups excluding tert-OH is 1. The Morgan fingerprint density at radius 2 is 1.69 bits per heavy atom. The van der Waals surface area contributed by atoms with Gasteiger partial charge in [0.2, 0.25) is 5.91 Å². The zero-order chi connectivity index (χ0) is 27.6. The minimum Gasteiger partial charge on any atom is -0.481 e. The SMILES string of the molecule is Cc1nnc(SCC2CC(c3ccc(CO)cc3)OC(c3ccc(CNC(=O)CCCCC(=O)O)cc3)O2)s1. The number of nitrogens with zero attached hydrogens (tertiary/aromatic N) is 2. The van der Waals surface area contributed by atoms with Crippen LogP contribution in [-0.2, 0) is 32.2 Å². The molecule has 1 aliphatic rings. The molecule has 4 rings (SSSR count). The second-order valence-corrected chi connectivity index (χ2v) is 11.8. The van der Waals surface area contributed by atoms with E-state index < -0.39 is 12.3 Å². The Bertz CT molecular complexity index is 1220. The monoisotopic (exact) mass is 571 g/mol. The Balaban J connectivity index is 1.37. The molecular weight excluding hydrogens is 538 g/mol. The summed E-state index contributed by atoms with van der Waals surface area (Å²) < 4.78 is 13.7. The number of hydrogen-bond donors (Lipinski definition) is 3. The summed E-state index contributed by atoms with van der Waals surface area (Å²) in [4.78, 5) is 22.7. The third kappa shape index (κ3) is 9.11. The van der Waals surface area contributed by atoms with Crippen molar-refractivity contribution in [2.24, 2.45) is 0 Å². The van der Waals surface area contributed by atoms with Gasteiger partial charge < -0.3 is 25.0 Å². The third-order valence-electron chi connectivity index (χ3n) is 6.30. The molecule has 2 heterocycles. The lowest BCUT2D eigenvalue weighted by Crippen LogP contribution is -2.31. The highest BCUT2D eigenvalue weighted by atomic mass is 32.2. The van der Waals surface area contributed by atoms with Crippen molar-refractivity contribution in [2.75, 3.05) is 5.75 Å². The van der Waals surface area contributed by atoms with Gasteiger partial charge in [0.05, 0.1) is 18.8 Å². The van der Waals surface area contributed by atoms with E-state index in [0.717, 1.165) is 37.4 Å². The highest BCUT2D eigenvalue weighted by molar-refractivity contribution is 8.01. The van der Waals surface area contributed by atoms with Crippen LogP contribution in [0.25, 0.3) is 0 Å². The second-order valence-electron chi connectivity index (χ2n) is 9.37. The summed E-state index contributed by atoms with van der Waals surface area (Å²) in [5, 5.41) is 30.2. The number of amides is 1. The number of rotatable bonds is 13. The Kier molecular flexibility index (Phi) is 10.9. The number of aliphatic carboxylic acids is 1. The number of unbranched alkanes of at least 4 members (excludes halogenated alkanes) is 1. The zero-order valence-corrected chi connectivity index (χ0v) is 23.4. The van der Waals surface area contributed by atoms with Gasteiger partial charge in [-0.1, -0.05) is 71.6 Å². The van der Waals surface area contributed by atoms with Crippen LogP contribution in [0.5, 0.6) is 0 Å². The van der Waals surface area contributed by atoms with Gasteiger partial charge >= 0.3 is 5.97 Å². The van der Waals surface area contributed by atoms with Crippen LogP contribution in [0.3, 0.4) is 0 Å². The van der Waals surface area contributed by atoms with Crippen molar-refractivity contribution in [3.05, 3.63) is 75.8 Å². The maximum absolute atomic E-state index is 12.1. The van der Waals surface area contributed by atoms with Crippen molar-refractivity contribution >= 4 is 35.0 Å². The smallest absolute Gasteiger partial charge is 0.303 e. The van der Waals surface area contributed by atoms with E-state index in [0.29, 0.717) is 32.2 Å². The molecule has 9 nitrogen and oxygen atoms in total. The maximum Gasteiger partial charge on any atom is 0.303 e. The predicted molar refractivity (Wildman–Crippen MR) is 148 cm³/mol. The van der Waals surface area contributed by atoms with Gasteiger partial charge in [0.1, 0.15) is 5.01 Å². The molecule has 208 valence electrons. The molecule has 3 atom stereocenters. The Morgan fingerprint density at radius 1 is 1.00 bits per heavy atom. The van der Waals surface area contributed by atoms with Crippen LogP contribution in [0.2, 0.25) is 0 Å². The largest absolute Gasteiger partial charge is 0.481 e. The fourth-order valence-corrected chi connectivity index (χ4v) is 6.03. The summed E-state index contributed by atoms with van der Waals surface area (Å²) >= 11 is 3.20. The summed E-state index contributed by atoms with van der Waals surface area (Å²) in [5.41, 5.74) is 3.72. The van der Waals surface area contributed by atoms with E-state index in [1.54, 1.807) is 23.1 Å². The number of aryl methyl sites for hydroxylation is 1. The molecule has 39 heavy (non-hydrogen) atoms. The zero-order valence-electron chi connectivity index (χ0n) is 21.7. The minimum absolute atomic E-state index is 0.00437. The third-order valence-corrected chi connectivity index (χ3v) is 8.41. The summed E-state index contributed by atoms with van der Waals surface area (Å²) in [6, 6.07) is 15.6. The van der Waals surface area contributed by atoms with Gasteiger partial charge in [-0.3, -0.25) is 9.59 Å². The second kappa shape index (κ2) is 14.5. The van der Waals surface area contributed by atoms with Crippen LogP contribution in [0.1, 0.15) is 71.8 Å². The Hall–Kier alpha value is -2.83. The molecule has 1 aromatic heterocycles. The number of carboxylic acid groups (broad SMARTS) is 1. The van der Waals surface area contributed by atoms with Crippen LogP contribution in [0, 0.1) is 6.92 Å². The molecule has 1 fully saturated rings. The molecule has 0 bridgehead atoms. The average molecular weight is 572 g/mol. The summed E-state index contributed by atoms with van der Waals surface area (Å²) in [6.07, 6.45) is 1.33. The fraction of sp³-hybridized carbons (Fsp3) is 0.429. The number of thioether (sulfide) groups is 1. The first-order valence-electron chi connectivity index (χ1n) is 12.9. The van der Waals surface area contributed by atoms with Gasteiger partial charge in [0, 0.05) is 37.1 Å². The van der Waals surface area contributed by atoms with Crippen LogP contribution >= 0.6 is 23.1 Å². The fourth-order valence-electron chi connectivity index (χ4n) is 4.17. The van der Waals surface area contributed by atoms with Crippen LogP contribution in [0.4, 0.5) is 0 Å². The lowest BCUT2D eigenvalue weighted by atomic mass is 10.0. The summed E-state index contributed by atoms with van der Waals surface area (Å²) in [6.45, 7) is 2.33. The average Bonchev–Trinajstić information content (AvgIpc) is 3.38. The number of carbonyl (C=O) groups excluding carboxylic acids is 1. The minimum atomic E-state index is -0.843. The van der Waals surface area contributed by atoms with Gasteiger partial charge in [-0.05, 0) is 36.5 Å². The Morgan fingerprint density at radius 3 is 2.36 bits per heavy atom. The normalized spacial score (nSPS) is 19.1. The Labute approximate surface area is 236 Å². The van der Waals surface area contributed by atoms with Gasteiger partial charge in [-0.15, -0.1) is 10.2 Å². The molecule has 0 aliphatic carbocycles.